The highest BCUT2D eigenvalue weighted by Gasteiger charge is 2.06. The number of aromatic nitrogens is 1. The van der Waals surface area contributed by atoms with E-state index < -0.39 is 6.67 Å². The lowest BCUT2D eigenvalue weighted by Crippen LogP contribution is -1.97. The first-order valence-corrected chi connectivity index (χ1v) is 4.41. The number of nitrogens with zero attached hydrogens (tertiary/aromatic N) is 1. The zero-order valence-corrected chi connectivity index (χ0v) is 8.56. The molecule has 0 aliphatic heterocycles. The molecule has 1 heterocycles. The van der Waals surface area contributed by atoms with Crippen molar-refractivity contribution in [3.63, 3.8) is 0 Å². The van der Waals surface area contributed by atoms with Crippen molar-refractivity contribution in [3.8, 4) is 0 Å². The van der Waals surface area contributed by atoms with Crippen LogP contribution in [0.25, 0.3) is 6.08 Å². The minimum Gasteiger partial charge on any atom is -0.255 e. The Balaban J connectivity index is 3.32. The van der Waals surface area contributed by atoms with Crippen LogP contribution in [0.15, 0.2) is 11.9 Å². The van der Waals surface area contributed by atoms with Gasteiger partial charge in [-0.3, -0.25) is 4.98 Å². The SMILES string of the molecule is C/C(F)=C\c1c(C)cc(C)nc1CF. The van der Waals surface area contributed by atoms with E-state index in [9.17, 15) is 8.78 Å². The molecule has 0 atom stereocenters. The second-order valence-electron chi connectivity index (χ2n) is 3.31. The molecule has 76 valence electrons. The number of pyridine rings is 1. The van der Waals surface area contributed by atoms with E-state index in [4.69, 9.17) is 0 Å². The predicted molar refractivity (Wildman–Crippen MR) is 53.3 cm³/mol. The molecule has 14 heavy (non-hydrogen) atoms. The summed E-state index contributed by atoms with van der Waals surface area (Å²) >= 11 is 0. The third-order valence-electron chi connectivity index (χ3n) is 1.94. The maximum atomic E-state index is 12.7. The van der Waals surface area contributed by atoms with Crippen LogP contribution in [0.2, 0.25) is 0 Å². The van der Waals surface area contributed by atoms with E-state index in [0.29, 0.717) is 11.3 Å². The first kappa shape index (κ1) is 10.8. The molecule has 0 radical (unpaired) electrons. The first-order chi connectivity index (χ1) is 6.54. The Morgan fingerprint density at radius 3 is 2.64 bits per heavy atom. The van der Waals surface area contributed by atoms with Crippen LogP contribution in [0.4, 0.5) is 8.78 Å². The van der Waals surface area contributed by atoms with Gasteiger partial charge in [0.1, 0.15) is 6.67 Å². The molecule has 0 saturated carbocycles. The first-order valence-electron chi connectivity index (χ1n) is 4.41. The van der Waals surface area contributed by atoms with Gasteiger partial charge in [-0.1, -0.05) is 0 Å². The number of alkyl halides is 1. The summed E-state index contributed by atoms with van der Waals surface area (Å²) < 4.78 is 25.3. The van der Waals surface area contributed by atoms with Crippen LogP contribution < -0.4 is 0 Å². The second kappa shape index (κ2) is 4.31. The van der Waals surface area contributed by atoms with E-state index in [0.717, 1.165) is 11.3 Å². The third-order valence-corrected chi connectivity index (χ3v) is 1.94. The Bertz CT molecular complexity index is 366. The second-order valence-corrected chi connectivity index (χ2v) is 3.31. The summed E-state index contributed by atoms with van der Waals surface area (Å²) in [6.45, 7) is 4.29. The lowest BCUT2D eigenvalue weighted by atomic mass is 10.1. The van der Waals surface area contributed by atoms with Gasteiger partial charge in [0.2, 0.25) is 0 Å². The van der Waals surface area contributed by atoms with Gasteiger partial charge in [-0.25, -0.2) is 8.78 Å². The fraction of sp³-hybridized carbons (Fsp3) is 0.364. The Morgan fingerprint density at radius 2 is 2.14 bits per heavy atom. The van der Waals surface area contributed by atoms with Crippen LogP contribution in [-0.4, -0.2) is 4.98 Å². The molecule has 1 nitrogen and oxygen atoms in total. The number of hydrogen-bond acceptors (Lipinski definition) is 1. The number of hydrogen-bond donors (Lipinski definition) is 0. The number of rotatable bonds is 2. The Morgan fingerprint density at radius 1 is 1.50 bits per heavy atom. The Hall–Kier alpha value is -1.25. The maximum Gasteiger partial charge on any atom is 0.132 e. The summed E-state index contributed by atoms with van der Waals surface area (Å²) in [4.78, 5) is 4.02. The van der Waals surface area contributed by atoms with Crippen LogP contribution in [0.5, 0.6) is 0 Å². The molecule has 0 saturated heterocycles. The number of halogens is 2. The maximum absolute atomic E-state index is 12.7. The Kier molecular flexibility index (Phi) is 3.33. The summed E-state index contributed by atoms with van der Waals surface area (Å²) in [5.74, 6) is -0.339. The van der Waals surface area contributed by atoms with Crippen molar-refractivity contribution >= 4 is 6.08 Å². The zero-order chi connectivity index (χ0) is 10.7. The van der Waals surface area contributed by atoms with Gasteiger partial charge in [0, 0.05) is 11.3 Å². The van der Waals surface area contributed by atoms with Gasteiger partial charge in [-0.2, -0.15) is 0 Å². The molecule has 0 aliphatic carbocycles. The molecule has 0 amide bonds. The summed E-state index contributed by atoms with van der Waals surface area (Å²) in [6.07, 6.45) is 1.32. The molecule has 0 aromatic carbocycles. The Labute approximate surface area is 82.5 Å². The lowest BCUT2D eigenvalue weighted by Gasteiger charge is -2.06. The fourth-order valence-corrected chi connectivity index (χ4v) is 1.42. The van der Waals surface area contributed by atoms with E-state index in [2.05, 4.69) is 4.98 Å². The fourth-order valence-electron chi connectivity index (χ4n) is 1.42. The highest BCUT2D eigenvalue weighted by molar-refractivity contribution is 5.57. The van der Waals surface area contributed by atoms with Crippen LogP contribution in [-0.2, 0) is 6.67 Å². The van der Waals surface area contributed by atoms with Crippen LogP contribution in [0.1, 0.15) is 29.4 Å². The lowest BCUT2D eigenvalue weighted by molar-refractivity contribution is 0.474. The average Bonchev–Trinajstić information content (AvgIpc) is 2.08. The highest BCUT2D eigenvalue weighted by atomic mass is 19.1. The van der Waals surface area contributed by atoms with Crippen molar-refractivity contribution < 1.29 is 8.78 Å². The molecule has 0 N–H and O–H groups in total. The van der Waals surface area contributed by atoms with Gasteiger partial charge in [0.25, 0.3) is 0 Å². The largest absolute Gasteiger partial charge is 0.255 e. The zero-order valence-electron chi connectivity index (χ0n) is 8.56. The minimum absolute atomic E-state index is 0.305. The van der Waals surface area contributed by atoms with E-state index in [-0.39, 0.29) is 5.83 Å². The van der Waals surface area contributed by atoms with E-state index in [1.54, 1.807) is 6.92 Å². The van der Waals surface area contributed by atoms with Gasteiger partial charge < -0.3 is 0 Å². The monoisotopic (exact) mass is 197 g/mol. The van der Waals surface area contributed by atoms with Crippen molar-refractivity contribution in [2.45, 2.75) is 27.4 Å². The van der Waals surface area contributed by atoms with Crippen molar-refractivity contribution in [1.29, 1.82) is 0 Å². The topological polar surface area (TPSA) is 12.9 Å². The van der Waals surface area contributed by atoms with Crippen molar-refractivity contribution in [2.75, 3.05) is 0 Å². The third kappa shape index (κ3) is 2.37. The molecule has 1 rings (SSSR count). The molecule has 0 bridgehead atoms. The summed E-state index contributed by atoms with van der Waals surface area (Å²) in [6, 6.07) is 1.81. The van der Waals surface area contributed by atoms with Crippen LogP contribution in [0.3, 0.4) is 0 Å². The van der Waals surface area contributed by atoms with Gasteiger partial charge >= 0.3 is 0 Å². The van der Waals surface area contributed by atoms with E-state index in [1.165, 1.54) is 13.0 Å². The number of aryl methyl sites for hydroxylation is 2. The molecule has 0 aliphatic rings. The molecular weight excluding hydrogens is 184 g/mol. The molecule has 0 spiro atoms. The summed E-state index contributed by atoms with van der Waals surface area (Å²) in [7, 11) is 0. The smallest absolute Gasteiger partial charge is 0.132 e. The van der Waals surface area contributed by atoms with Gasteiger partial charge in [-0.05, 0) is 38.5 Å². The van der Waals surface area contributed by atoms with Crippen LogP contribution in [0, 0.1) is 13.8 Å². The average molecular weight is 197 g/mol. The summed E-state index contributed by atoms with van der Waals surface area (Å²) in [5.41, 5.74) is 2.46. The predicted octanol–water partition coefficient (Wildman–Crippen LogP) is 3.50. The highest BCUT2D eigenvalue weighted by Crippen LogP contribution is 2.18. The molecule has 1 aromatic rings. The van der Waals surface area contributed by atoms with E-state index in [1.807, 2.05) is 13.0 Å². The van der Waals surface area contributed by atoms with Crippen molar-refractivity contribution in [1.82, 2.24) is 4.98 Å². The number of allylic oxidation sites excluding steroid dienone is 1. The van der Waals surface area contributed by atoms with Gasteiger partial charge in [-0.15, -0.1) is 0 Å². The van der Waals surface area contributed by atoms with E-state index >= 15 is 0 Å². The molecule has 0 unspecified atom stereocenters. The van der Waals surface area contributed by atoms with Crippen molar-refractivity contribution in [3.05, 3.63) is 34.4 Å². The van der Waals surface area contributed by atoms with Crippen LogP contribution >= 0.6 is 0 Å². The molecular formula is C11H13F2N. The normalized spacial score (nSPS) is 11.9. The van der Waals surface area contributed by atoms with Gasteiger partial charge in [0.15, 0.2) is 0 Å². The molecule has 0 fully saturated rings. The molecule has 1 aromatic heterocycles. The minimum atomic E-state index is -0.665. The standard InChI is InChI=1S/C11H13F2N/c1-7-4-9(3)14-11(6-12)10(7)5-8(2)13/h4-5H,6H2,1-3H3/b8-5+. The van der Waals surface area contributed by atoms with Gasteiger partial charge in [0.05, 0.1) is 11.5 Å². The van der Waals surface area contributed by atoms with Crippen molar-refractivity contribution in [2.24, 2.45) is 0 Å². The quantitative estimate of drug-likeness (QED) is 0.707. The summed E-state index contributed by atoms with van der Waals surface area (Å²) in [5, 5.41) is 0. The molecule has 3 heteroatoms.